The molecule has 2 atom stereocenters. The molecule has 0 aliphatic heterocycles. The van der Waals surface area contributed by atoms with Crippen molar-refractivity contribution >= 4 is 22.7 Å². The highest BCUT2D eigenvalue weighted by molar-refractivity contribution is 7.85. The first-order valence-electron chi connectivity index (χ1n) is 9.17. The van der Waals surface area contributed by atoms with Gasteiger partial charge in [0, 0.05) is 16.2 Å². The van der Waals surface area contributed by atoms with E-state index in [1.807, 2.05) is 48.5 Å². The lowest BCUT2D eigenvalue weighted by molar-refractivity contribution is -0.139. The highest BCUT2D eigenvalue weighted by Gasteiger charge is 2.21. The van der Waals surface area contributed by atoms with Crippen molar-refractivity contribution in [3.8, 4) is 11.1 Å². The van der Waals surface area contributed by atoms with Gasteiger partial charge in [0.25, 0.3) is 5.91 Å². The van der Waals surface area contributed by atoms with Gasteiger partial charge in [-0.2, -0.15) is 0 Å². The summed E-state index contributed by atoms with van der Waals surface area (Å²) in [6.07, 6.45) is 0.0741. The lowest BCUT2D eigenvalue weighted by atomic mass is 10.0. The number of benzene rings is 3. The minimum absolute atomic E-state index is 0.0741. The minimum atomic E-state index is -1.32. The van der Waals surface area contributed by atoms with Crippen LogP contribution in [0.2, 0.25) is 0 Å². The molecular weight excluding hydrogens is 386 g/mol. The molecule has 0 aromatic heterocycles. The molecule has 0 radical (unpaired) electrons. The standard InChI is InChI=1S/C23H21NO4S/c25-22(19-13-11-18(12-14-19)17-7-3-1-4-8-17)24-21(23(26)27)15-16-29(28)20-9-5-2-6-10-20/h1-14,21H,15-16H2,(H,24,25)(H,26,27)/t21-,29-/m0/s1. The number of nitrogens with one attached hydrogen (secondary N) is 1. The lowest BCUT2D eigenvalue weighted by Gasteiger charge is -2.14. The zero-order chi connectivity index (χ0) is 20.6. The molecule has 0 aliphatic rings. The maximum atomic E-state index is 12.5. The van der Waals surface area contributed by atoms with E-state index >= 15 is 0 Å². The highest BCUT2D eigenvalue weighted by atomic mass is 32.2. The molecule has 148 valence electrons. The van der Waals surface area contributed by atoms with E-state index in [-0.39, 0.29) is 12.2 Å². The third kappa shape index (κ3) is 5.62. The number of carboxylic acid groups (broad SMARTS) is 1. The molecule has 29 heavy (non-hydrogen) atoms. The van der Waals surface area contributed by atoms with Crippen LogP contribution < -0.4 is 5.32 Å². The van der Waals surface area contributed by atoms with Crippen LogP contribution in [0.5, 0.6) is 0 Å². The number of carboxylic acids is 1. The van der Waals surface area contributed by atoms with E-state index in [0.29, 0.717) is 10.5 Å². The molecule has 0 unspecified atom stereocenters. The normalized spacial score (nSPS) is 12.7. The predicted octanol–water partition coefficient (Wildman–Crippen LogP) is 3.73. The highest BCUT2D eigenvalue weighted by Crippen LogP contribution is 2.19. The summed E-state index contributed by atoms with van der Waals surface area (Å²) in [6.45, 7) is 0. The molecule has 0 aliphatic carbocycles. The van der Waals surface area contributed by atoms with Gasteiger partial charge < -0.3 is 10.4 Å². The molecule has 6 heteroatoms. The largest absolute Gasteiger partial charge is 0.480 e. The van der Waals surface area contributed by atoms with Crippen LogP contribution in [0, 0.1) is 0 Å². The maximum absolute atomic E-state index is 12.5. The summed E-state index contributed by atoms with van der Waals surface area (Å²) >= 11 is 0. The van der Waals surface area contributed by atoms with Gasteiger partial charge in [0.2, 0.25) is 0 Å². The van der Waals surface area contributed by atoms with Crippen molar-refractivity contribution in [3.63, 3.8) is 0 Å². The van der Waals surface area contributed by atoms with Crippen LogP contribution in [0.4, 0.5) is 0 Å². The Morgan fingerprint density at radius 2 is 1.38 bits per heavy atom. The number of aliphatic carboxylic acids is 1. The number of rotatable bonds is 8. The fourth-order valence-corrected chi connectivity index (χ4v) is 4.00. The van der Waals surface area contributed by atoms with Gasteiger partial charge in [-0.15, -0.1) is 0 Å². The van der Waals surface area contributed by atoms with Crippen LogP contribution in [0.15, 0.2) is 89.8 Å². The summed E-state index contributed by atoms with van der Waals surface area (Å²) in [6, 6.07) is 24.5. The van der Waals surface area contributed by atoms with Gasteiger partial charge in [-0.25, -0.2) is 4.79 Å². The van der Waals surface area contributed by atoms with Crippen molar-refractivity contribution < 1.29 is 18.9 Å². The third-order valence-electron chi connectivity index (χ3n) is 4.46. The Balaban J connectivity index is 1.62. The monoisotopic (exact) mass is 407 g/mol. The first-order chi connectivity index (χ1) is 14.0. The second-order valence-electron chi connectivity index (χ2n) is 6.46. The van der Waals surface area contributed by atoms with Gasteiger partial charge >= 0.3 is 5.97 Å². The number of carbonyl (C=O) groups is 2. The molecule has 0 heterocycles. The van der Waals surface area contributed by atoms with Gasteiger partial charge in [-0.05, 0) is 41.8 Å². The Kier molecular flexibility index (Phi) is 6.92. The zero-order valence-corrected chi connectivity index (χ0v) is 16.5. The topological polar surface area (TPSA) is 83.5 Å². The number of amides is 1. The summed E-state index contributed by atoms with van der Waals surface area (Å²) in [5.74, 6) is -1.47. The van der Waals surface area contributed by atoms with Crippen molar-refractivity contribution in [2.24, 2.45) is 0 Å². The number of hydrogen-bond donors (Lipinski definition) is 2. The summed E-state index contributed by atoms with van der Waals surface area (Å²) in [5.41, 5.74) is 2.38. The van der Waals surface area contributed by atoms with E-state index in [2.05, 4.69) is 5.32 Å². The first-order valence-corrected chi connectivity index (χ1v) is 10.5. The fraction of sp³-hybridized carbons (Fsp3) is 0.130. The quantitative estimate of drug-likeness (QED) is 0.596. The van der Waals surface area contributed by atoms with Crippen molar-refractivity contribution in [3.05, 3.63) is 90.5 Å². The average molecular weight is 407 g/mol. The molecule has 3 rings (SSSR count). The molecule has 3 aromatic carbocycles. The molecule has 0 spiro atoms. The molecule has 3 aromatic rings. The maximum Gasteiger partial charge on any atom is 0.326 e. The minimum Gasteiger partial charge on any atom is -0.480 e. The van der Waals surface area contributed by atoms with Gasteiger partial charge in [0.05, 0.1) is 10.8 Å². The van der Waals surface area contributed by atoms with Gasteiger partial charge in [0.1, 0.15) is 6.04 Å². The van der Waals surface area contributed by atoms with E-state index in [4.69, 9.17) is 0 Å². The van der Waals surface area contributed by atoms with E-state index in [0.717, 1.165) is 11.1 Å². The Bertz CT molecular complexity index is 988. The van der Waals surface area contributed by atoms with Crippen molar-refractivity contribution in [1.82, 2.24) is 5.32 Å². The van der Waals surface area contributed by atoms with Crippen LogP contribution in [-0.4, -0.2) is 33.0 Å². The Labute approximate surface area is 171 Å². The van der Waals surface area contributed by atoms with Gasteiger partial charge in [0.15, 0.2) is 0 Å². The van der Waals surface area contributed by atoms with Crippen molar-refractivity contribution in [2.75, 3.05) is 5.75 Å². The van der Waals surface area contributed by atoms with Crippen LogP contribution in [-0.2, 0) is 15.6 Å². The molecule has 0 fully saturated rings. The second kappa shape index (κ2) is 9.80. The van der Waals surface area contributed by atoms with Crippen molar-refractivity contribution in [2.45, 2.75) is 17.4 Å². The molecule has 1 amide bonds. The summed E-state index contributed by atoms with van der Waals surface area (Å²) in [7, 11) is -1.32. The van der Waals surface area contributed by atoms with Gasteiger partial charge in [-0.1, -0.05) is 60.7 Å². The molecular formula is C23H21NO4S. The summed E-state index contributed by atoms with van der Waals surface area (Å²) in [4.78, 5) is 24.7. The van der Waals surface area contributed by atoms with Crippen LogP contribution in [0.1, 0.15) is 16.8 Å². The average Bonchev–Trinajstić information content (AvgIpc) is 2.77. The summed E-state index contributed by atoms with van der Waals surface area (Å²) < 4.78 is 12.3. The number of hydrogen-bond acceptors (Lipinski definition) is 3. The van der Waals surface area contributed by atoms with E-state index in [1.54, 1.807) is 36.4 Å². The van der Waals surface area contributed by atoms with Crippen LogP contribution in [0.25, 0.3) is 11.1 Å². The predicted molar refractivity (Wildman–Crippen MR) is 113 cm³/mol. The molecule has 0 bridgehead atoms. The molecule has 0 saturated carbocycles. The van der Waals surface area contributed by atoms with E-state index in [9.17, 15) is 18.9 Å². The Morgan fingerprint density at radius 1 is 0.828 bits per heavy atom. The lowest BCUT2D eigenvalue weighted by Crippen LogP contribution is -2.41. The van der Waals surface area contributed by atoms with Gasteiger partial charge in [-0.3, -0.25) is 9.00 Å². The van der Waals surface area contributed by atoms with E-state index < -0.39 is 28.7 Å². The van der Waals surface area contributed by atoms with Crippen molar-refractivity contribution in [1.29, 1.82) is 0 Å². The summed E-state index contributed by atoms with van der Waals surface area (Å²) in [5, 5.41) is 12.0. The smallest absolute Gasteiger partial charge is 0.326 e. The molecule has 5 nitrogen and oxygen atoms in total. The second-order valence-corrected chi connectivity index (χ2v) is 8.03. The van der Waals surface area contributed by atoms with Crippen LogP contribution >= 0.6 is 0 Å². The third-order valence-corrected chi connectivity index (χ3v) is 5.86. The Hall–Kier alpha value is -3.25. The molecule has 2 N–H and O–H groups in total. The molecule has 0 saturated heterocycles. The SMILES string of the molecule is O=C(N[C@@H](CC[S@](=O)c1ccccc1)C(=O)O)c1ccc(-c2ccccc2)cc1. The fourth-order valence-electron chi connectivity index (χ4n) is 2.86. The first kappa shape index (κ1) is 20.5. The zero-order valence-electron chi connectivity index (χ0n) is 15.7. The Morgan fingerprint density at radius 3 is 1.97 bits per heavy atom. The number of carbonyl (C=O) groups excluding carboxylic acids is 1. The van der Waals surface area contributed by atoms with Crippen LogP contribution in [0.3, 0.4) is 0 Å². The van der Waals surface area contributed by atoms with E-state index in [1.165, 1.54) is 0 Å².